The van der Waals surface area contributed by atoms with Crippen LogP contribution in [0, 0.1) is 5.92 Å². The van der Waals surface area contributed by atoms with Crippen molar-refractivity contribution in [2.45, 2.75) is 38.8 Å². The second-order valence-corrected chi connectivity index (χ2v) is 6.38. The Balaban J connectivity index is 2.84. The fourth-order valence-corrected chi connectivity index (χ4v) is 2.38. The Kier molecular flexibility index (Phi) is 9.71. The molecule has 0 aliphatic carbocycles. The number of carbonyl (C=O) groups excluding carboxylic acids is 1. The summed E-state index contributed by atoms with van der Waals surface area (Å²) in [6.07, 6.45) is 3.18. The maximum absolute atomic E-state index is 12.5. The van der Waals surface area contributed by atoms with Gasteiger partial charge in [-0.05, 0) is 30.0 Å². The number of hydrogen-bond donors (Lipinski definition) is 2. The highest BCUT2D eigenvalue weighted by Gasteiger charge is 2.25. The number of amides is 1. The third-order valence-electron chi connectivity index (χ3n) is 3.65. The van der Waals surface area contributed by atoms with E-state index in [0.717, 1.165) is 12.0 Å². The van der Waals surface area contributed by atoms with Crippen LogP contribution in [0.1, 0.15) is 25.8 Å². The first-order valence-corrected chi connectivity index (χ1v) is 8.60. The van der Waals surface area contributed by atoms with Crippen molar-refractivity contribution in [1.29, 1.82) is 0 Å². The molecule has 0 fully saturated rings. The number of aliphatic carboxylic acids is 1. The van der Waals surface area contributed by atoms with Crippen LogP contribution >= 0.6 is 0 Å². The van der Waals surface area contributed by atoms with Crippen LogP contribution in [0.15, 0.2) is 41.9 Å². The molecule has 2 atom stereocenters. The van der Waals surface area contributed by atoms with Gasteiger partial charge in [-0.1, -0.05) is 38.6 Å². The highest BCUT2D eigenvalue weighted by atomic mass is 16.5. The zero-order valence-corrected chi connectivity index (χ0v) is 15.6. The van der Waals surface area contributed by atoms with Crippen molar-refractivity contribution in [2.24, 2.45) is 10.9 Å². The molecule has 1 aromatic carbocycles. The molecule has 144 valence electrons. The molecule has 1 aromatic rings. The molecule has 0 bridgehead atoms. The van der Waals surface area contributed by atoms with Crippen molar-refractivity contribution in [3.05, 3.63) is 42.5 Å². The van der Waals surface area contributed by atoms with Crippen LogP contribution in [0.3, 0.4) is 0 Å². The molecule has 0 heterocycles. The number of ether oxygens (including phenoxy) is 1. The Bertz CT molecular complexity index is 646. The number of benzene rings is 1. The molecule has 0 aromatic heterocycles. The van der Waals surface area contributed by atoms with Crippen LogP contribution in [-0.2, 0) is 20.7 Å². The van der Waals surface area contributed by atoms with Gasteiger partial charge in [0.25, 0.3) is 0 Å². The number of carboxylic acid groups (broad SMARTS) is 1. The predicted molar refractivity (Wildman–Crippen MR) is 104 cm³/mol. The summed E-state index contributed by atoms with van der Waals surface area (Å²) in [7, 11) is 4.95. The maximum Gasteiger partial charge on any atom is 0.375 e. The average molecular weight is 372 g/mol. The Hall–Kier alpha value is -2.77. The standard InChI is InChI=1S/C19H25BN2O5/c1-4-9-26-15-7-5-14(6-8-15)11-16(21-12-27-20)18(23)22-17(19(24)25)10-13(2)3/h4-8,12-13,16-17H,1,9-11H2,2-3H3,(H,22,23)(H,24,25)/t16-,17-/m0/s1. The van der Waals surface area contributed by atoms with Gasteiger partial charge in [0.05, 0.1) is 0 Å². The van der Waals surface area contributed by atoms with Crippen LogP contribution in [-0.4, -0.2) is 50.1 Å². The van der Waals surface area contributed by atoms with Gasteiger partial charge in [0.1, 0.15) is 24.4 Å². The molecule has 0 unspecified atom stereocenters. The van der Waals surface area contributed by atoms with Gasteiger partial charge >= 0.3 is 14.0 Å². The molecule has 2 N–H and O–H groups in total. The number of nitrogens with zero attached hydrogens (tertiary/aromatic N) is 1. The van der Waals surface area contributed by atoms with Crippen molar-refractivity contribution >= 4 is 26.3 Å². The first kappa shape index (κ1) is 22.3. The number of aliphatic imine (C=N–C) groups is 1. The molecule has 0 saturated heterocycles. The number of rotatable bonds is 12. The van der Waals surface area contributed by atoms with Gasteiger partial charge in [-0.15, -0.1) is 0 Å². The van der Waals surface area contributed by atoms with E-state index >= 15 is 0 Å². The molecule has 0 saturated carbocycles. The first-order valence-electron chi connectivity index (χ1n) is 8.60. The van der Waals surface area contributed by atoms with Gasteiger partial charge in [-0.25, -0.2) is 9.79 Å². The lowest BCUT2D eigenvalue weighted by molar-refractivity contribution is -0.142. The summed E-state index contributed by atoms with van der Waals surface area (Å²) < 4.78 is 9.74. The third-order valence-corrected chi connectivity index (χ3v) is 3.65. The molecule has 27 heavy (non-hydrogen) atoms. The predicted octanol–water partition coefficient (Wildman–Crippen LogP) is 1.91. The monoisotopic (exact) mass is 372 g/mol. The number of carboxylic acids is 1. The van der Waals surface area contributed by atoms with E-state index in [9.17, 15) is 14.7 Å². The maximum atomic E-state index is 12.5. The summed E-state index contributed by atoms with van der Waals surface area (Å²) in [5.41, 5.74) is 0.825. The molecule has 1 amide bonds. The van der Waals surface area contributed by atoms with Gasteiger partial charge in [-0.2, -0.15) is 0 Å². The average Bonchev–Trinajstić information content (AvgIpc) is 2.63. The van der Waals surface area contributed by atoms with Crippen LogP contribution in [0.2, 0.25) is 0 Å². The quantitative estimate of drug-likeness (QED) is 0.253. The van der Waals surface area contributed by atoms with Crippen molar-refractivity contribution in [2.75, 3.05) is 6.61 Å². The van der Waals surface area contributed by atoms with E-state index in [1.54, 1.807) is 30.3 Å². The Morgan fingerprint density at radius 1 is 1.33 bits per heavy atom. The summed E-state index contributed by atoms with van der Waals surface area (Å²) in [5.74, 6) is -0.804. The number of nitrogens with one attached hydrogen (secondary N) is 1. The van der Waals surface area contributed by atoms with E-state index < -0.39 is 24.0 Å². The van der Waals surface area contributed by atoms with Crippen LogP contribution in [0.5, 0.6) is 5.75 Å². The molecular formula is C19H25BN2O5. The topological polar surface area (TPSA) is 97.2 Å². The lowest BCUT2D eigenvalue weighted by atomic mass is 10.0. The van der Waals surface area contributed by atoms with E-state index in [-0.39, 0.29) is 12.3 Å². The molecule has 1 rings (SSSR count). The van der Waals surface area contributed by atoms with E-state index in [4.69, 9.17) is 12.8 Å². The second kappa shape index (κ2) is 11.8. The van der Waals surface area contributed by atoms with Gasteiger partial charge in [-0.3, -0.25) is 4.79 Å². The smallest absolute Gasteiger partial charge is 0.375 e. The van der Waals surface area contributed by atoms with Crippen molar-refractivity contribution in [3.63, 3.8) is 0 Å². The Morgan fingerprint density at radius 3 is 2.52 bits per heavy atom. The summed E-state index contributed by atoms with van der Waals surface area (Å²) in [5, 5.41) is 11.8. The SMILES string of the molecule is [B]OC=N[C@@H](Cc1ccc(OCC=C)cc1)C(=O)N[C@@H](CC(C)C)C(=O)O. The van der Waals surface area contributed by atoms with Crippen molar-refractivity contribution < 1.29 is 24.1 Å². The van der Waals surface area contributed by atoms with Gasteiger partial charge in [0.2, 0.25) is 5.91 Å². The lowest BCUT2D eigenvalue weighted by Gasteiger charge is -2.19. The first-order chi connectivity index (χ1) is 12.9. The number of hydrogen-bond acceptors (Lipinski definition) is 5. The summed E-state index contributed by atoms with van der Waals surface area (Å²) >= 11 is 0. The van der Waals surface area contributed by atoms with Crippen LogP contribution < -0.4 is 10.1 Å². The molecule has 0 aliphatic rings. The third kappa shape index (κ3) is 8.44. The molecule has 0 spiro atoms. The molecule has 0 aliphatic heterocycles. The molecule has 7 nitrogen and oxygen atoms in total. The van der Waals surface area contributed by atoms with Crippen LogP contribution in [0.4, 0.5) is 0 Å². The summed E-state index contributed by atoms with van der Waals surface area (Å²) in [6, 6.07) is 5.30. The van der Waals surface area contributed by atoms with Gasteiger partial charge in [0, 0.05) is 6.42 Å². The molecule has 8 heteroatoms. The van der Waals surface area contributed by atoms with E-state index in [1.165, 1.54) is 0 Å². The fourth-order valence-electron chi connectivity index (χ4n) is 2.38. The summed E-state index contributed by atoms with van der Waals surface area (Å²) in [6.45, 7) is 7.75. The summed E-state index contributed by atoms with van der Waals surface area (Å²) in [4.78, 5) is 27.9. The van der Waals surface area contributed by atoms with Crippen molar-refractivity contribution in [1.82, 2.24) is 5.32 Å². The Morgan fingerprint density at radius 2 is 2.00 bits per heavy atom. The fraction of sp³-hybridized carbons (Fsp3) is 0.421. The zero-order chi connectivity index (χ0) is 20.2. The normalized spacial score (nSPS) is 13.1. The van der Waals surface area contributed by atoms with E-state index in [0.29, 0.717) is 18.8 Å². The van der Waals surface area contributed by atoms with Gasteiger partial charge < -0.3 is 19.8 Å². The minimum atomic E-state index is -1.08. The highest BCUT2D eigenvalue weighted by molar-refractivity contribution is 6.02. The molecular weight excluding hydrogens is 347 g/mol. The van der Waals surface area contributed by atoms with Gasteiger partial charge in [0.15, 0.2) is 6.40 Å². The van der Waals surface area contributed by atoms with E-state index in [1.807, 2.05) is 13.8 Å². The largest absolute Gasteiger partial charge is 0.560 e. The van der Waals surface area contributed by atoms with Crippen LogP contribution in [0.25, 0.3) is 0 Å². The highest BCUT2D eigenvalue weighted by Crippen LogP contribution is 2.15. The number of carbonyl (C=O) groups is 2. The minimum absolute atomic E-state index is 0.115. The molecule has 2 radical (unpaired) electrons. The Labute approximate surface area is 160 Å². The second-order valence-electron chi connectivity index (χ2n) is 6.38. The lowest BCUT2D eigenvalue weighted by Crippen LogP contribution is -2.46. The van der Waals surface area contributed by atoms with E-state index in [2.05, 4.69) is 21.5 Å². The zero-order valence-electron chi connectivity index (χ0n) is 15.6. The van der Waals surface area contributed by atoms with Crippen molar-refractivity contribution in [3.8, 4) is 5.75 Å². The minimum Gasteiger partial charge on any atom is -0.560 e.